The van der Waals surface area contributed by atoms with E-state index in [0.29, 0.717) is 12.8 Å². The summed E-state index contributed by atoms with van der Waals surface area (Å²) in [6.07, 6.45) is -5.27. The van der Waals surface area contributed by atoms with Gasteiger partial charge in [-0.15, -0.1) is 0 Å². The number of benzene rings is 2. The number of halogens is 3. The highest BCUT2D eigenvalue weighted by Crippen LogP contribution is 2.48. The molecule has 0 saturated carbocycles. The molecule has 0 radical (unpaired) electrons. The van der Waals surface area contributed by atoms with E-state index in [4.69, 9.17) is 14.7 Å². The van der Waals surface area contributed by atoms with E-state index in [0.717, 1.165) is 11.1 Å². The average Bonchev–Trinajstić information content (AvgIpc) is 3.12. The van der Waals surface area contributed by atoms with Crippen LogP contribution in [0.1, 0.15) is 36.0 Å². The lowest BCUT2D eigenvalue weighted by atomic mass is 9.75. The number of ether oxygens (including phenoxy) is 1. The van der Waals surface area contributed by atoms with Gasteiger partial charge in [-0.2, -0.15) is 21.6 Å². The largest absolute Gasteiger partial charge is 0.508 e. The minimum atomic E-state index is -4.47. The van der Waals surface area contributed by atoms with Gasteiger partial charge in [0.25, 0.3) is 0 Å². The summed E-state index contributed by atoms with van der Waals surface area (Å²) >= 11 is 0. The zero-order valence-corrected chi connectivity index (χ0v) is 18.4. The zero-order valence-electron chi connectivity index (χ0n) is 17.6. The van der Waals surface area contributed by atoms with Gasteiger partial charge in [0.15, 0.2) is 0 Å². The molecule has 180 valence electrons. The summed E-state index contributed by atoms with van der Waals surface area (Å²) in [4.78, 5) is 11.8. The van der Waals surface area contributed by atoms with E-state index in [1.807, 2.05) is 18.2 Å². The predicted octanol–water partition coefficient (Wildman–Crippen LogP) is 3.18. The Morgan fingerprint density at radius 2 is 1.88 bits per heavy atom. The minimum absolute atomic E-state index is 0.143. The van der Waals surface area contributed by atoms with Crippen molar-refractivity contribution in [3.05, 3.63) is 59.2 Å². The summed E-state index contributed by atoms with van der Waals surface area (Å²) in [6.45, 7) is -0.474. The van der Waals surface area contributed by atoms with Gasteiger partial charge in [0.05, 0.1) is 17.7 Å². The van der Waals surface area contributed by atoms with Crippen molar-refractivity contribution < 1.29 is 40.4 Å². The van der Waals surface area contributed by atoms with Crippen LogP contribution in [0.5, 0.6) is 11.5 Å². The topological polar surface area (TPSA) is 116 Å². The summed E-state index contributed by atoms with van der Waals surface area (Å²) in [7, 11) is -4.30. The predicted molar refractivity (Wildman–Crippen MR) is 113 cm³/mol. The van der Waals surface area contributed by atoms with Crippen molar-refractivity contribution in [1.29, 1.82) is 0 Å². The number of esters is 1. The molecule has 1 atom stereocenters. The number of hydrogen-bond acceptors (Lipinski definition) is 7. The van der Waals surface area contributed by atoms with Crippen LogP contribution in [-0.4, -0.2) is 44.6 Å². The lowest BCUT2D eigenvalue weighted by molar-refractivity contribution is -0.143. The monoisotopic (exact) mass is 487 g/mol. The van der Waals surface area contributed by atoms with Gasteiger partial charge in [0, 0.05) is 12.0 Å². The second-order valence-corrected chi connectivity index (χ2v) is 9.54. The van der Waals surface area contributed by atoms with Crippen LogP contribution >= 0.6 is 0 Å². The number of aryl methyl sites for hydroxylation is 1. The van der Waals surface area contributed by atoms with Crippen LogP contribution < -0.4 is 9.92 Å². The SMILES string of the molecule is NCC(=O)OC[C@]1(c2cc(OS(=O)(=O)CCCC(F)(F)F)ccc2O)CCc2ccccc21. The van der Waals surface area contributed by atoms with E-state index in [-0.39, 0.29) is 30.2 Å². The minimum Gasteiger partial charge on any atom is -0.508 e. The van der Waals surface area contributed by atoms with Crippen molar-refractivity contribution in [3.8, 4) is 11.5 Å². The van der Waals surface area contributed by atoms with E-state index in [1.165, 1.54) is 18.2 Å². The van der Waals surface area contributed by atoms with Crippen LogP contribution in [0.4, 0.5) is 13.2 Å². The van der Waals surface area contributed by atoms with Gasteiger partial charge in [-0.3, -0.25) is 4.79 Å². The molecule has 1 aliphatic carbocycles. The Labute approximate surface area is 189 Å². The van der Waals surface area contributed by atoms with Gasteiger partial charge in [-0.05, 0) is 48.6 Å². The maximum atomic E-state index is 12.3. The molecule has 7 nitrogen and oxygen atoms in total. The Morgan fingerprint density at radius 1 is 1.15 bits per heavy atom. The quantitative estimate of drug-likeness (QED) is 0.412. The number of rotatable bonds is 9. The van der Waals surface area contributed by atoms with Crippen molar-refractivity contribution in [2.24, 2.45) is 5.73 Å². The first-order valence-corrected chi connectivity index (χ1v) is 11.8. The number of aromatic hydroxyl groups is 1. The fourth-order valence-electron chi connectivity index (χ4n) is 4.05. The van der Waals surface area contributed by atoms with Crippen LogP contribution in [0.2, 0.25) is 0 Å². The van der Waals surface area contributed by atoms with Crippen molar-refractivity contribution in [3.63, 3.8) is 0 Å². The number of carbonyl (C=O) groups excluding carboxylic acids is 1. The summed E-state index contributed by atoms with van der Waals surface area (Å²) in [5.41, 5.74) is 6.42. The Kier molecular flexibility index (Phi) is 7.23. The first-order chi connectivity index (χ1) is 15.5. The van der Waals surface area contributed by atoms with E-state index < -0.39 is 46.3 Å². The van der Waals surface area contributed by atoms with Crippen LogP contribution in [0, 0.1) is 0 Å². The van der Waals surface area contributed by atoms with Crippen LogP contribution in [0.25, 0.3) is 0 Å². The second-order valence-electron chi connectivity index (χ2n) is 7.85. The average molecular weight is 487 g/mol. The highest BCUT2D eigenvalue weighted by molar-refractivity contribution is 7.87. The molecular formula is C22H24F3NO6S. The normalized spacial score (nSPS) is 18.1. The number of nitrogens with two attached hydrogens (primary N) is 1. The molecule has 0 aromatic heterocycles. The maximum absolute atomic E-state index is 12.3. The van der Waals surface area contributed by atoms with Gasteiger partial charge >= 0.3 is 22.3 Å². The van der Waals surface area contributed by atoms with Crippen LogP contribution in [0.15, 0.2) is 42.5 Å². The summed E-state index contributed by atoms with van der Waals surface area (Å²) in [5.74, 6) is -1.79. The molecule has 33 heavy (non-hydrogen) atoms. The van der Waals surface area contributed by atoms with Gasteiger partial charge in [-0.25, -0.2) is 0 Å². The summed E-state index contributed by atoms with van der Waals surface area (Å²) < 4.78 is 71.8. The van der Waals surface area contributed by atoms with E-state index in [2.05, 4.69) is 0 Å². The molecule has 2 aromatic carbocycles. The molecule has 0 saturated heterocycles. The van der Waals surface area contributed by atoms with Crippen LogP contribution in [0.3, 0.4) is 0 Å². The Bertz CT molecular complexity index is 1120. The molecule has 3 rings (SSSR count). The fraction of sp³-hybridized carbons (Fsp3) is 0.409. The van der Waals surface area contributed by atoms with E-state index in [9.17, 15) is 31.5 Å². The fourth-order valence-corrected chi connectivity index (χ4v) is 5.02. The number of phenols is 1. The van der Waals surface area contributed by atoms with Gasteiger partial charge < -0.3 is 19.8 Å². The molecule has 3 N–H and O–H groups in total. The molecule has 0 aliphatic heterocycles. The van der Waals surface area contributed by atoms with Crippen molar-refractivity contribution in [1.82, 2.24) is 0 Å². The van der Waals surface area contributed by atoms with Gasteiger partial charge in [-0.1, -0.05) is 24.3 Å². The van der Waals surface area contributed by atoms with Crippen LogP contribution in [-0.2, 0) is 31.5 Å². The first-order valence-electron chi connectivity index (χ1n) is 10.2. The number of carbonyl (C=O) groups is 1. The summed E-state index contributed by atoms with van der Waals surface area (Å²) in [5, 5.41) is 10.6. The lowest BCUT2D eigenvalue weighted by Gasteiger charge is -2.31. The van der Waals surface area contributed by atoms with Crippen molar-refractivity contribution in [2.75, 3.05) is 18.9 Å². The number of hydrogen-bond donors (Lipinski definition) is 2. The lowest BCUT2D eigenvalue weighted by Crippen LogP contribution is -2.33. The Morgan fingerprint density at radius 3 is 2.58 bits per heavy atom. The number of alkyl halides is 3. The highest BCUT2D eigenvalue weighted by atomic mass is 32.2. The third kappa shape index (κ3) is 5.97. The molecule has 2 aromatic rings. The smallest absolute Gasteiger partial charge is 0.389 e. The molecule has 1 aliphatic rings. The molecule has 0 amide bonds. The zero-order chi connectivity index (χ0) is 24.3. The molecule has 0 unspecified atom stereocenters. The molecule has 0 spiro atoms. The van der Waals surface area contributed by atoms with E-state index in [1.54, 1.807) is 6.07 Å². The second kappa shape index (κ2) is 9.60. The number of phenolic OH excluding ortho intramolecular Hbond substituents is 1. The molecular weight excluding hydrogens is 463 g/mol. The van der Waals surface area contributed by atoms with Crippen molar-refractivity contribution in [2.45, 2.75) is 37.3 Å². The molecule has 0 heterocycles. The number of fused-ring (bicyclic) bond motifs is 1. The van der Waals surface area contributed by atoms with E-state index >= 15 is 0 Å². The summed E-state index contributed by atoms with van der Waals surface area (Å²) in [6, 6.07) is 11.2. The Balaban J connectivity index is 1.93. The highest BCUT2D eigenvalue weighted by Gasteiger charge is 2.43. The molecule has 0 fully saturated rings. The third-order valence-electron chi connectivity index (χ3n) is 5.56. The molecule has 0 bridgehead atoms. The van der Waals surface area contributed by atoms with Gasteiger partial charge in [0.1, 0.15) is 18.1 Å². The maximum Gasteiger partial charge on any atom is 0.389 e. The van der Waals surface area contributed by atoms with Crippen molar-refractivity contribution >= 4 is 16.1 Å². The standard InChI is InChI=1S/C22H24F3NO6S/c23-22(24,25)9-3-11-33(29,30)32-16-6-7-19(27)18(12-16)21(14-31-20(28)13-26)10-8-15-4-1-2-5-17(15)21/h1-2,4-7,12,27H,3,8-11,13-14,26H2/t21-/m1/s1. The van der Waals surface area contributed by atoms with Gasteiger partial charge in [0.2, 0.25) is 0 Å². The molecule has 11 heteroatoms. The first kappa shape index (κ1) is 24.8. The third-order valence-corrected chi connectivity index (χ3v) is 6.80. The Hall–Kier alpha value is -2.79.